The molecule has 2 aromatic rings. The van der Waals surface area contributed by atoms with Crippen molar-refractivity contribution in [1.29, 1.82) is 0 Å². The fourth-order valence-electron chi connectivity index (χ4n) is 2.70. The average molecular weight is 328 g/mol. The summed E-state index contributed by atoms with van der Waals surface area (Å²) in [6.45, 7) is 3.64. The van der Waals surface area contributed by atoms with Crippen molar-refractivity contribution in [1.82, 2.24) is 15.2 Å². The number of aryl methyl sites for hydroxylation is 1. The Morgan fingerprint density at radius 3 is 2.67 bits per heavy atom. The van der Waals surface area contributed by atoms with Gasteiger partial charge in [0.2, 0.25) is 0 Å². The van der Waals surface area contributed by atoms with E-state index in [9.17, 15) is 9.59 Å². The number of nitrogens with zero attached hydrogens (tertiary/aromatic N) is 3. The molecule has 0 aromatic carbocycles. The van der Waals surface area contributed by atoms with Gasteiger partial charge in [-0.1, -0.05) is 0 Å². The van der Waals surface area contributed by atoms with Gasteiger partial charge in [-0.05, 0) is 43.7 Å². The molecule has 126 valence electrons. The number of pyridine rings is 1. The first-order chi connectivity index (χ1) is 11.3. The van der Waals surface area contributed by atoms with E-state index in [1.165, 1.54) is 4.90 Å². The maximum Gasteiger partial charge on any atom is 0.325 e. The zero-order chi connectivity index (χ0) is 17.5. The Balaban J connectivity index is 1.86. The Kier molecular flexibility index (Phi) is 3.79. The standard InChI is InChI=1S/C17H20N4O3/c1-11-5-6-13(24-11)17(2)15(22)21(16(23)19-17)10-12-7-8-18-14(9-12)20(3)4/h5-9H,10H2,1-4H3,(H,19,23). The Hall–Kier alpha value is -2.83. The van der Waals surface area contributed by atoms with Crippen molar-refractivity contribution in [3.63, 3.8) is 0 Å². The second-order valence-electron chi connectivity index (χ2n) is 6.27. The largest absolute Gasteiger partial charge is 0.463 e. The van der Waals surface area contributed by atoms with Crippen LogP contribution < -0.4 is 10.2 Å². The van der Waals surface area contributed by atoms with Gasteiger partial charge in [-0.15, -0.1) is 0 Å². The van der Waals surface area contributed by atoms with E-state index in [1.807, 2.05) is 25.1 Å². The molecule has 2 aromatic heterocycles. The second kappa shape index (κ2) is 5.67. The highest BCUT2D eigenvalue weighted by Gasteiger charge is 2.51. The number of rotatable bonds is 4. The van der Waals surface area contributed by atoms with Crippen LogP contribution in [0.1, 0.15) is 24.0 Å². The zero-order valence-corrected chi connectivity index (χ0v) is 14.2. The van der Waals surface area contributed by atoms with Gasteiger partial charge in [-0.25, -0.2) is 9.78 Å². The molecule has 1 saturated heterocycles. The molecular formula is C17H20N4O3. The summed E-state index contributed by atoms with van der Waals surface area (Å²) in [5, 5.41) is 2.74. The number of carbonyl (C=O) groups is 2. The number of urea groups is 1. The molecule has 3 heterocycles. The van der Waals surface area contributed by atoms with Crippen LogP contribution in [0.5, 0.6) is 0 Å². The van der Waals surface area contributed by atoms with Crippen LogP contribution in [0.25, 0.3) is 0 Å². The van der Waals surface area contributed by atoms with Gasteiger partial charge < -0.3 is 14.6 Å². The predicted octanol–water partition coefficient (Wildman–Crippen LogP) is 2.02. The van der Waals surface area contributed by atoms with Crippen LogP contribution in [0.15, 0.2) is 34.9 Å². The highest BCUT2D eigenvalue weighted by molar-refractivity contribution is 6.06. The van der Waals surface area contributed by atoms with E-state index < -0.39 is 11.6 Å². The third-order valence-electron chi connectivity index (χ3n) is 4.12. The number of hydrogen-bond donors (Lipinski definition) is 1. The van der Waals surface area contributed by atoms with Gasteiger partial charge in [0, 0.05) is 20.3 Å². The molecule has 7 heteroatoms. The summed E-state index contributed by atoms with van der Waals surface area (Å²) in [6, 6.07) is 6.70. The summed E-state index contributed by atoms with van der Waals surface area (Å²) in [7, 11) is 3.77. The van der Waals surface area contributed by atoms with E-state index in [2.05, 4.69) is 10.3 Å². The topological polar surface area (TPSA) is 78.7 Å². The molecule has 1 fully saturated rings. The molecule has 0 bridgehead atoms. The van der Waals surface area contributed by atoms with Crippen molar-refractivity contribution in [2.45, 2.75) is 25.9 Å². The average Bonchev–Trinajstić information content (AvgIpc) is 3.06. The summed E-state index contributed by atoms with van der Waals surface area (Å²) >= 11 is 0. The van der Waals surface area contributed by atoms with Crippen molar-refractivity contribution in [2.24, 2.45) is 0 Å². The van der Waals surface area contributed by atoms with E-state index in [4.69, 9.17) is 4.42 Å². The number of aromatic nitrogens is 1. The van der Waals surface area contributed by atoms with Crippen LogP contribution in [0.3, 0.4) is 0 Å². The highest BCUT2D eigenvalue weighted by atomic mass is 16.3. The maximum atomic E-state index is 12.8. The van der Waals surface area contributed by atoms with E-state index in [-0.39, 0.29) is 12.5 Å². The molecule has 0 aliphatic carbocycles. The van der Waals surface area contributed by atoms with Gasteiger partial charge in [0.15, 0.2) is 5.54 Å². The number of anilines is 1. The fraction of sp³-hybridized carbons (Fsp3) is 0.353. The summed E-state index contributed by atoms with van der Waals surface area (Å²) in [5.74, 6) is 1.56. The third-order valence-corrected chi connectivity index (χ3v) is 4.12. The van der Waals surface area contributed by atoms with Gasteiger partial charge >= 0.3 is 6.03 Å². The Morgan fingerprint density at radius 2 is 2.04 bits per heavy atom. The molecule has 0 saturated carbocycles. The smallest absolute Gasteiger partial charge is 0.325 e. The molecule has 1 unspecified atom stereocenters. The highest BCUT2D eigenvalue weighted by Crippen LogP contribution is 2.31. The molecule has 1 N–H and O–H groups in total. The first kappa shape index (κ1) is 16.0. The summed E-state index contributed by atoms with van der Waals surface area (Å²) < 4.78 is 5.56. The van der Waals surface area contributed by atoms with Crippen LogP contribution in [0.2, 0.25) is 0 Å². The monoisotopic (exact) mass is 328 g/mol. The minimum atomic E-state index is -1.18. The van der Waals surface area contributed by atoms with E-state index in [0.29, 0.717) is 11.5 Å². The number of amides is 3. The quantitative estimate of drug-likeness (QED) is 0.869. The summed E-state index contributed by atoms with van der Waals surface area (Å²) in [6.07, 6.45) is 1.66. The lowest BCUT2D eigenvalue weighted by atomic mass is 9.99. The Morgan fingerprint density at radius 1 is 1.29 bits per heavy atom. The first-order valence-electron chi connectivity index (χ1n) is 7.64. The van der Waals surface area contributed by atoms with E-state index in [0.717, 1.165) is 11.4 Å². The molecule has 0 radical (unpaired) electrons. The molecule has 3 rings (SSSR count). The van der Waals surface area contributed by atoms with Gasteiger partial charge in [0.25, 0.3) is 5.91 Å². The Bertz CT molecular complexity index is 799. The lowest BCUT2D eigenvalue weighted by Crippen LogP contribution is -2.40. The molecule has 7 nitrogen and oxygen atoms in total. The van der Waals surface area contributed by atoms with Crippen LogP contribution in [-0.2, 0) is 16.9 Å². The second-order valence-corrected chi connectivity index (χ2v) is 6.27. The predicted molar refractivity (Wildman–Crippen MR) is 88.4 cm³/mol. The number of furan rings is 1. The lowest BCUT2D eigenvalue weighted by molar-refractivity contribution is -0.132. The number of carbonyl (C=O) groups excluding carboxylic acids is 2. The molecule has 3 amide bonds. The van der Waals surface area contributed by atoms with Crippen molar-refractivity contribution in [3.8, 4) is 0 Å². The van der Waals surface area contributed by atoms with Crippen molar-refractivity contribution >= 4 is 17.8 Å². The minimum absolute atomic E-state index is 0.184. The van der Waals surface area contributed by atoms with Crippen LogP contribution in [0, 0.1) is 6.92 Å². The van der Waals surface area contributed by atoms with Gasteiger partial charge in [-0.2, -0.15) is 0 Å². The maximum absolute atomic E-state index is 12.8. The van der Waals surface area contributed by atoms with Crippen molar-refractivity contribution in [2.75, 3.05) is 19.0 Å². The van der Waals surface area contributed by atoms with Gasteiger partial charge in [-0.3, -0.25) is 9.69 Å². The fourth-order valence-corrected chi connectivity index (χ4v) is 2.70. The zero-order valence-electron chi connectivity index (χ0n) is 14.2. The molecule has 1 aliphatic heterocycles. The van der Waals surface area contributed by atoms with E-state index >= 15 is 0 Å². The Labute approximate surface area is 140 Å². The van der Waals surface area contributed by atoms with E-state index in [1.54, 1.807) is 38.2 Å². The minimum Gasteiger partial charge on any atom is -0.463 e. The van der Waals surface area contributed by atoms with Crippen molar-refractivity contribution < 1.29 is 14.0 Å². The molecule has 0 spiro atoms. The summed E-state index contributed by atoms with van der Waals surface area (Å²) in [4.78, 5) is 32.5. The van der Waals surface area contributed by atoms with Gasteiger partial charge in [0.1, 0.15) is 17.3 Å². The normalized spacial score (nSPS) is 20.4. The van der Waals surface area contributed by atoms with Crippen molar-refractivity contribution in [3.05, 3.63) is 47.5 Å². The van der Waals surface area contributed by atoms with Crippen LogP contribution >= 0.6 is 0 Å². The number of imide groups is 1. The summed E-state index contributed by atoms with van der Waals surface area (Å²) in [5.41, 5.74) is -0.347. The third kappa shape index (κ3) is 2.62. The number of hydrogen-bond acceptors (Lipinski definition) is 5. The van der Waals surface area contributed by atoms with Crippen LogP contribution in [0.4, 0.5) is 10.6 Å². The van der Waals surface area contributed by atoms with Crippen LogP contribution in [-0.4, -0.2) is 35.9 Å². The van der Waals surface area contributed by atoms with Gasteiger partial charge in [0.05, 0.1) is 6.54 Å². The molecule has 24 heavy (non-hydrogen) atoms. The number of nitrogens with one attached hydrogen (secondary N) is 1. The molecule has 1 atom stereocenters. The SMILES string of the molecule is Cc1ccc(C2(C)NC(=O)N(Cc3ccnc(N(C)C)c3)C2=O)o1. The molecule has 1 aliphatic rings. The molecular weight excluding hydrogens is 308 g/mol. The first-order valence-corrected chi connectivity index (χ1v) is 7.64. The lowest BCUT2D eigenvalue weighted by Gasteiger charge is -2.19.